The largest absolute Gasteiger partial charge is 0.326 e. The van der Waals surface area contributed by atoms with Gasteiger partial charge in [0, 0.05) is 16.0 Å². The van der Waals surface area contributed by atoms with E-state index < -0.39 is 0 Å². The van der Waals surface area contributed by atoms with Gasteiger partial charge in [-0.3, -0.25) is 0 Å². The molecule has 0 aliphatic carbocycles. The minimum absolute atomic E-state index is 0.167. The quantitative estimate of drug-likeness (QED) is 0.788. The van der Waals surface area contributed by atoms with Crippen molar-refractivity contribution in [2.75, 3.05) is 0 Å². The van der Waals surface area contributed by atoms with E-state index in [1.807, 2.05) is 23.9 Å². The molecule has 4 heteroatoms. The van der Waals surface area contributed by atoms with Gasteiger partial charge in [0.05, 0.1) is 5.25 Å². The van der Waals surface area contributed by atoms with Crippen LogP contribution in [0.1, 0.15) is 24.2 Å². The Kier molecular flexibility index (Phi) is 5.13. The van der Waals surface area contributed by atoms with Crippen LogP contribution in [0.3, 0.4) is 0 Å². The van der Waals surface area contributed by atoms with Gasteiger partial charge in [0.1, 0.15) is 0 Å². The molecule has 1 nitrogen and oxygen atoms in total. The molecule has 2 rings (SSSR count). The first-order valence-electron chi connectivity index (χ1n) is 5.90. The summed E-state index contributed by atoms with van der Waals surface area (Å²) in [5.41, 5.74) is 7.56. The van der Waals surface area contributed by atoms with Crippen LogP contribution >= 0.6 is 34.7 Å². The fourth-order valence-electron chi connectivity index (χ4n) is 1.71. The normalized spacial score (nSPS) is 14.4. The lowest BCUT2D eigenvalue weighted by Gasteiger charge is -2.21. The predicted molar refractivity (Wildman–Crippen MR) is 82.6 cm³/mol. The highest BCUT2D eigenvalue weighted by Crippen LogP contribution is 2.39. The van der Waals surface area contributed by atoms with Gasteiger partial charge in [-0.25, -0.2) is 0 Å². The molecule has 0 fully saturated rings. The first kappa shape index (κ1) is 13.9. The maximum absolute atomic E-state index is 6.24. The summed E-state index contributed by atoms with van der Waals surface area (Å²) >= 11 is 9.43. The number of rotatable bonds is 5. The maximum Gasteiger partial charge on any atom is 0.0503 e. The van der Waals surface area contributed by atoms with E-state index in [9.17, 15) is 0 Å². The summed E-state index contributed by atoms with van der Waals surface area (Å²) < 4.78 is 0. The molecule has 0 aliphatic rings. The van der Waals surface area contributed by atoms with Crippen LogP contribution in [0.15, 0.2) is 46.0 Å². The molecule has 2 atom stereocenters. The molecule has 2 unspecified atom stereocenters. The Morgan fingerprint density at radius 3 is 2.56 bits per heavy atom. The summed E-state index contributed by atoms with van der Waals surface area (Å²) in [6, 6.07) is 10.3. The van der Waals surface area contributed by atoms with E-state index >= 15 is 0 Å². The van der Waals surface area contributed by atoms with Crippen LogP contribution in [0, 0.1) is 0 Å². The molecule has 0 radical (unpaired) electrons. The van der Waals surface area contributed by atoms with Crippen molar-refractivity contribution in [3.63, 3.8) is 0 Å². The molecule has 2 N–H and O–H groups in total. The lowest BCUT2D eigenvalue weighted by atomic mass is 10.1. The number of halogens is 1. The number of hydrogen-bond donors (Lipinski definition) is 1. The van der Waals surface area contributed by atoms with Crippen LogP contribution in [0.2, 0.25) is 5.02 Å². The van der Waals surface area contributed by atoms with E-state index in [1.54, 1.807) is 11.3 Å². The Bertz CT molecular complexity index is 467. The zero-order chi connectivity index (χ0) is 13.0. The fourth-order valence-corrected chi connectivity index (χ4v) is 3.86. The van der Waals surface area contributed by atoms with Gasteiger partial charge in [-0.05, 0) is 53.1 Å². The highest BCUT2D eigenvalue weighted by atomic mass is 35.5. The molecule has 0 aliphatic heterocycles. The van der Waals surface area contributed by atoms with Gasteiger partial charge in [0.2, 0.25) is 0 Å². The molecule has 18 heavy (non-hydrogen) atoms. The third-order valence-corrected chi connectivity index (χ3v) is 5.18. The Balaban J connectivity index is 2.17. The van der Waals surface area contributed by atoms with Gasteiger partial charge in [0.15, 0.2) is 0 Å². The molecule has 1 aromatic carbocycles. The molecule has 0 spiro atoms. The average Bonchev–Trinajstić information content (AvgIpc) is 2.91. The minimum Gasteiger partial charge on any atom is -0.326 e. The maximum atomic E-state index is 6.24. The molecule has 96 valence electrons. The Morgan fingerprint density at radius 1 is 1.28 bits per heavy atom. The van der Waals surface area contributed by atoms with Crippen molar-refractivity contribution in [2.24, 2.45) is 5.73 Å². The van der Waals surface area contributed by atoms with Crippen LogP contribution < -0.4 is 5.73 Å². The van der Waals surface area contributed by atoms with Gasteiger partial charge in [-0.1, -0.05) is 18.5 Å². The topological polar surface area (TPSA) is 26.0 Å². The van der Waals surface area contributed by atoms with Gasteiger partial charge in [0.25, 0.3) is 0 Å². The Labute approximate surface area is 121 Å². The fraction of sp³-hybridized carbons (Fsp3) is 0.286. The first-order valence-corrected chi connectivity index (χ1v) is 8.10. The summed E-state index contributed by atoms with van der Waals surface area (Å²) in [5, 5.41) is 5.37. The highest BCUT2D eigenvalue weighted by molar-refractivity contribution is 7.99. The van der Waals surface area contributed by atoms with Crippen LogP contribution in [0.25, 0.3) is 0 Å². The van der Waals surface area contributed by atoms with Gasteiger partial charge in [-0.15, -0.1) is 11.8 Å². The van der Waals surface area contributed by atoms with E-state index in [1.165, 1.54) is 10.5 Å². The molecule has 0 amide bonds. The van der Waals surface area contributed by atoms with Gasteiger partial charge >= 0.3 is 0 Å². The summed E-state index contributed by atoms with van der Waals surface area (Å²) in [4.78, 5) is 1.21. The number of thiophene rings is 1. The van der Waals surface area contributed by atoms with Crippen molar-refractivity contribution >= 4 is 34.7 Å². The summed E-state index contributed by atoms with van der Waals surface area (Å²) in [6.07, 6.45) is 0.973. The molecule has 0 saturated carbocycles. The van der Waals surface area contributed by atoms with E-state index in [4.69, 9.17) is 17.3 Å². The van der Waals surface area contributed by atoms with Crippen LogP contribution in [0.5, 0.6) is 0 Å². The van der Waals surface area contributed by atoms with Crippen molar-refractivity contribution in [1.29, 1.82) is 0 Å². The number of benzene rings is 1. The second-order valence-electron chi connectivity index (χ2n) is 4.12. The third kappa shape index (κ3) is 3.51. The van der Waals surface area contributed by atoms with E-state index in [-0.39, 0.29) is 6.04 Å². The van der Waals surface area contributed by atoms with E-state index in [2.05, 4.69) is 35.9 Å². The van der Waals surface area contributed by atoms with Crippen molar-refractivity contribution in [3.8, 4) is 0 Å². The second kappa shape index (κ2) is 6.62. The number of nitrogens with two attached hydrogens (primary N) is 1. The smallest absolute Gasteiger partial charge is 0.0503 e. The molecular weight excluding hydrogens is 282 g/mol. The van der Waals surface area contributed by atoms with E-state index in [0.29, 0.717) is 5.25 Å². The molecule has 1 aromatic heterocycles. The SMILES string of the molecule is CCC(N)C(Sc1ccc(Cl)cc1)c1ccsc1. The monoisotopic (exact) mass is 297 g/mol. The third-order valence-electron chi connectivity index (χ3n) is 2.81. The average molecular weight is 298 g/mol. The van der Waals surface area contributed by atoms with Crippen molar-refractivity contribution < 1.29 is 0 Å². The number of thioether (sulfide) groups is 1. The van der Waals surface area contributed by atoms with Gasteiger partial charge < -0.3 is 5.73 Å². The Morgan fingerprint density at radius 2 is 2.00 bits per heavy atom. The Hall–Kier alpha value is -0.480. The minimum atomic E-state index is 0.167. The molecule has 2 aromatic rings. The lowest BCUT2D eigenvalue weighted by molar-refractivity contribution is 0.635. The standard InChI is InChI=1S/C14H16ClNS2/c1-2-13(16)14(10-7-8-17-9-10)18-12-5-3-11(15)4-6-12/h3-9,13-14H,2,16H2,1H3. The van der Waals surface area contributed by atoms with Crippen molar-refractivity contribution in [3.05, 3.63) is 51.7 Å². The summed E-state index contributed by atoms with van der Waals surface area (Å²) in [6.45, 7) is 2.13. The molecule has 0 bridgehead atoms. The highest BCUT2D eigenvalue weighted by Gasteiger charge is 2.20. The van der Waals surface area contributed by atoms with Gasteiger partial charge in [-0.2, -0.15) is 11.3 Å². The predicted octanol–water partition coefficient (Wildman–Crippen LogP) is 4.97. The molecule has 1 heterocycles. The first-order chi connectivity index (χ1) is 8.70. The zero-order valence-corrected chi connectivity index (χ0v) is 12.6. The second-order valence-corrected chi connectivity index (χ2v) is 6.55. The van der Waals surface area contributed by atoms with E-state index in [0.717, 1.165) is 11.4 Å². The van der Waals surface area contributed by atoms with Crippen LogP contribution in [0.4, 0.5) is 0 Å². The van der Waals surface area contributed by atoms with Crippen LogP contribution in [-0.4, -0.2) is 6.04 Å². The summed E-state index contributed by atoms with van der Waals surface area (Å²) in [7, 11) is 0. The lowest BCUT2D eigenvalue weighted by Crippen LogP contribution is -2.25. The van der Waals surface area contributed by atoms with Crippen molar-refractivity contribution in [1.82, 2.24) is 0 Å². The van der Waals surface area contributed by atoms with Crippen molar-refractivity contribution in [2.45, 2.75) is 29.5 Å². The molecular formula is C14H16ClNS2. The molecule has 0 saturated heterocycles. The zero-order valence-electron chi connectivity index (χ0n) is 10.2. The van der Waals surface area contributed by atoms with Crippen LogP contribution in [-0.2, 0) is 0 Å². The number of hydrogen-bond acceptors (Lipinski definition) is 3. The summed E-state index contributed by atoms with van der Waals surface area (Å²) in [5.74, 6) is 0.